The second-order valence-electron chi connectivity index (χ2n) is 3.22. The van der Waals surface area contributed by atoms with Gasteiger partial charge >= 0.3 is 11.6 Å². The van der Waals surface area contributed by atoms with Crippen LogP contribution in [-0.2, 0) is 21.4 Å². The molecule has 0 saturated heterocycles. The summed E-state index contributed by atoms with van der Waals surface area (Å²) in [5.74, 6) is 0.520. The van der Waals surface area contributed by atoms with Gasteiger partial charge < -0.3 is 0 Å². The van der Waals surface area contributed by atoms with Gasteiger partial charge in [0.05, 0.1) is 11.5 Å². The minimum Gasteiger partial charge on any atom is -0.228 e. The molecule has 1 aliphatic rings. The minimum absolute atomic E-state index is 0.249. The summed E-state index contributed by atoms with van der Waals surface area (Å²) in [5.41, 5.74) is 2.00. The summed E-state index contributed by atoms with van der Waals surface area (Å²) < 4.78 is 37.8. The Morgan fingerprint density at radius 3 is 1.94 bits per heavy atom. The van der Waals surface area contributed by atoms with E-state index in [0.717, 1.165) is 11.1 Å². The van der Waals surface area contributed by atoms with Gasteiger partial charge in [0.1, 0.15) is 0 Å². The lowest BCUT2D eigenvalue weighted by atomic mass is 10.3. The van der Waals surface area contributed by atoms with Crippen LogP contribution in [0.3, 0.4) is 0 Å². The Balaban J connectivity index is 0. The van der Waals surface area contributed by atoms with Crippen LogP contribution in [0, 0.1) is 0 Å². The predicted molar refractivity (Wildman–Crippen MR) is 66.3 cm³/mol. The summed E-state index contributed by atoms with van der Waals surface area (Å²) >= 11 is -0.750. The highest BCUT2D eigenvalue weighted by molar-refractivity contribution is 7.92. The smallest absolute Gasteiger partial charge is 0.228 e. The van der Waals surface area contributed by atoms with Crippen molar-refractivity contribution in [2.45, 2.75) is 13.8 Å². The van der Waals surface area contributed by atoms with E-state index < -0.39 is 21.4 Å². The lowest BCUT2D eigenvalue weighted by molar-refractivity contribution is 0.603. The molecule has 6 heteroatoms. The first kappa shape index (κ1) is 17.4. The maximum atomic E-state index is 10.6. The van der Waals surface area contributed by atoms with E-state index in [4.69, 9.17) is 8.42 Å². The van der Waals surface area contributed by atoms with Crippen LogP contribution in [0.25, 0.3) is 0 Å². The molecule has 16 heavy (non-hydrogen) atoms. The summed E-state index contributed by atoms with van der Waals surface area (Å²) in [6, 6.07) is 0. The van der Waals surface area contributed by atoms with E-state index in [2.05, 4.69) is 13.2 Å². The Morgan fingerprint density at radius 1 is 1.50 bits per heavy atom. The fourth-order valence-corrected chi connectivity index (χ4v) is 2.20. The van der Waals surface area contributed by atoms with Crippen LogP contribution in [0.4, 0.5) is 0 Å². The zero-order valence-corrected chi connectivity index (χ0v) is 11.1. The summed E-state index contributed by atoms with van der Waals surface area (Å²) in [6.07, 6.45) is 3.48. The molecule has 0 aromatic carbocycles. The van der Waals surface area contributed by atoms with Gasteiger partial charge in [-0.2, -0.15) is 8.42 Å². The maximum Gasteiger partial charge on any atom is 0.335 e. The molecule has 0 aromatic heterocycles. The van der Waals surface area contributed by atoms with Gasteiger partial charge in [0.2, 0.25) is 0 Å². The second-order valence-corrected chi connectivity index (χ2v) is 5.47. The van der Waals surface area contributed by atoms with Crippen molar-refractivity contribution in [3.05, 3.63) is 36.5 Å². The Morgan fingerprint density at radius 2 is 1.88 bits per heavy atom. The third-order valence-corrected chi connectivity index (χ3v) is 3.05. The summed E-state index contributed by atoms with van der Waals surface area (Å²) in [4.78, 5) is 0. The third kappa shape index (κ3) is 13.0. The molecule has 0 unspecified atom stereocenters. The van der Waals surface area contributed by atoms with Crippen molar-refractivity contribution in [3.8, 4) is 0 Å². The number of rotatable bonds is 1. The van der Waals surface area contributed by atoms with Gasteiger partial charge in [-0.3, -0.25) is 0 Å². The SMILES string of the molecule is C=CC(=C)C.CC1=CCS(=O)(=O)C1.O=S=O. The zero-order chi connectivity index (χ0) is 13.2. The van der Waals surface area contributed by atoms with Crippen LogP contribution in [0.5, 0.6) is 0 Å². The lowest BCUT2D eigenvalue weighted by Crippen LogP contribution is -2.01. The molecule has 0 spiro atoms. The molecule has 0 atom stereocenters. The molecule has 0 aromatic rings. The molecule has 0 radical (unpaired) electrons. The third-order valence-electron chi connectivity index (χ3n) is 1.48. The van der Waals surface area contributed by atoms with Gasteiger partial charge in [-0.05, 0) is 13.8 Å². The highest BCUT2D eigenvalue weighted by atomic mass is 32.2. The molecule has 4 nitrogen and oxygen atoms in total. The van der Waals surface area contributed by atoms with E-state index in [1.54, 1.807) is 12.2 Å². The zero-order valence-electron chi connectivity index (χ0n) is 9.43. The second kappa shape index (κ2) is 9.23. The van der Waals surface area contributed by atoms with E-state index >= 15 is 0 Å². The molecule has 0 bridgehead atoms. The van der Waals surface area contributed by atoms with Crippen LogP contribution >= 0.6 is 0 Å². The monoisotopic (exact) mass is 264 g/mol. The number of sulfone groups is 1. The van der Waals surface area contributed by atoms with Crippen molar-refractivity contribution >= 4 is 21.4 Å². The highest BCUT2D eigenvalue weighted by Gasteiger charge is 2.15. The average Bonchev–Trinajstić information content (AvgIpc) is 2.46. The molecule has 1 rings (SSSR count). The van der Waals surface area contributed by atoms with Crippen molar-refractivity contribution in [1.29, 1.82) is 0 Å². The van der Waals surface area contributed by atoms with Crippen LogP contribution < -0.4 is 0 Å². The largest absolute Gasteiger partial charge is 0.335 e. The van der Waals surface area contributed by atoms with Crippen molar-refractivity contribution in [2.75, 3.05) is 11.5 Å². The Hall–Kier alpha value is -1.01. The number of hydrogen-bond donors (Lipinski definition) is 0. The van der Waals surface area contributed by atoms with E-state index in [1.165, 1.54) is 0 Å². The van der Waals surface area contributed by atoms with Crippen molar-refractivity contribution in [3.63, 3.8) is 0 Å². The van der Waals surface area contributed by atoms with Crippen molar-refractivity contribution in [1.82, 2.24) is 0 Å². The first-order chi connectivity index (χ1) is 7.29. The average molecular weight is 264 g/mol. The molecular formula is C10H16O4S2. The van der Waals surface area contributed by atoms with Crippen molar-refractivity contribution < 1.29 is 16.8 Å². The van der Waals surface area contributed by atoms with Gasteiger partial charge in [-0.25, -0.2) is 8.42 Å². The normalized spacial score (nSPS) is 15.5. The van der Waals surface area contributed by atoms with Gasteiger partial charge in [-0.1, -0.05) is 36.5 Å². The lowest BCUT2D eigenvalue weighted by Gasteiger charge is -1.86. The quantitative estimate of drug-likeness (QED) is 0.531. The molecule has 0 saturated carbocycles. The molecule has 92 valence electrons. The predicted octanol–water partition coefficient (Wildman–Crippen LogP) is 1.44. The van der Waals surface area contributed by atoms with Gasteiger partial charge in [-0.15, -0.1) is 0 Å². The van der Waals surface area contributed by atoms with Crippen molar-refractivity contribution in [2.24, 2.45) is 0 Å². The standard InChI is InChI=1S/C5H8O2S.C5H8.O2S/c1-5-2-3-8(6,7)4-5;1-4-5(2)3;1-3-2/h2H,3-4H2,1H3;4H,1-2H2,3H3;. The molecule has 0 N–H and O–H groups in total. The van der Waals surface area contributed by atoms with Crippen LogP contribution in [0.1, 0.15) is 13.8 Å². The first-order valence-electron chi connectivity index (χ1n) is 4.34. The molecule has 1 aliphatic heterocycles. The molecular weight excluding hydrogens is 248 g/mol. The molecule has 0 amide bonds. The van der Waals surface area contributed by atoms with E-state index in [1.807, 2.05) is 13.8 Å². The van der Waals surface area contributed by atoms with Crippen LogP contribution in [-0.4, -0.2) is 28.3 Å². The Labute approximate surface area is 100 Å². The number of hydrogen-bond acceptors (Lipinski definition) is 4. The minimum atomic E-state index is -2.69. The van der Waals surface area contributed by atoms with E-state index in [-0.39, 0.29) is 11.5 Å². The topological polar surface area (TPSA) is 68.3 Å². The number of allylic oxidation sites excluding steroid dienone is 2. The molecule has 1 heterocycles. The first-order valence-corrected chi connectivity index (χ1v) is 6.83. The van der Waals surface area contributed by atoms with Gasteiger partial charge in [0, 0.05) is 0 Å². The van der Waals surface area contributed by atoms with Gasteiger partial charge in [0.15, 0.2) is 9.84 Å². The highest BCUT2D eigenvalue weighted by Crippen LogP contribution is 2.08. The summed E-state index contributed by atoms with van der Waals surface area (Å²) in [6.45, 7) is 10.8. The summed E-state index contributed by atoms with van der Waals surface area (Å²) in [5, 5.41) is 0. The fourth-order valence-electron chi connectivity index (χ4n) is 0.734. The van der Waals surface area contributed by atoms with Crippen LogP contribution in [0.15, 0.2) is 36.5 Å². The van der Waals surface area contributed by atoms with E-state index in [9.17, 15) is 8.42 Å². The Bertz CT molecular complexity index is 399. The Kier molecular flexibility index (Phi) is 10.0. The van der Waals surface area contributed by atoms with Gasteiger partial charge in [0.25, 0.3) is 0 Å². The van der Waals surface area contributed by atoms with E-state index in [0.29, 0.717) is 0 Å². The fraction of sp³-hybridized carbons (Fsp3) is 0.400. The molecule has 0 aliphatic carbocycles. The van der Waals surface area contributed by atoms with Crippen LogP contribution in [0.2, 0.25) is 0 Å². The maximum absolute atomic E-state index is 10.6. The summed E-state index contributed by atoms with van der Waals surface area (Å²) in [7, 11) is -2.69. The molecule has 0 fully saturated rings.